The van der Waals surface area contributed by atoms with Crippen molar-refractivity contribution < 1.29 is 33.5 Å². The quantitative estimate of drug-likeness (QED) is 0.385. The van der Waals surface area contributed by atoms with Crippen LogP contribution in [0.4, 0.5) is 10.5 Å². The van der Waals surface area contributed by atoms with Crippen molar-refractivity contribution >= 4 is 23.7 Å². The molecule has 2 amide bonds. The van der Waals surface area contributed by atoms with Crippen molar-refractivity contribution in [3.8, 4) is 11.5 Å². The Bertz CT molecular complexity index is 1160. The van der Waals surface area contributed by atoms with Gasteiger partial charge in [0.1, 0.15) is 23.4 Å². The molecule has 0 radical (unpaired) electrons. The Morgan fingerprint density at radius 1 is 1.11 bits per heavy atom. The predicted octanol–water partition coefficient (Wildman–Crippen LogP) is 3.38. The van der Waals surface area contributed by atoms with Crippen molar-refractivity contribution in [1.29, 1.82) is 0 Å². The highest BCUT2D eigenvalue weighted by Gasteiger charge is 2.34. The highest BCUT2D eigenvalue weighted by Crippen LogP contribution is 2.33. The summed E-state index contributed by atoms with van der Waals surface area (Å²) >= 11 is 0. The normalized spacial score (nSPS) is 17.8. The summed E-state index contributed by atoms with van der Waals surface area (Å²) in [4.78, 5) is 50.9. The number of nitro groups is 1. The zero-order valence-electron chi connectivity index (χ0n) is 20.8. The van der Waals surface area contributed by atoms with Gasteiger partial charge in [0, 0.05) is 26.0 Å². The minimum Gasteiger partial charge on any atom is -0.467 e. The predicted molar refractivity (Wildman–Crippen MR) is 129 cm³/mol. The highest BCUT2D eigenvalue weighted by molar-refractivity contribution is 5.90. The number of hydrogen-bond donors (Lipinski definition) is 1. The molecule has 11 heteroatoms. The second kappa shape index (κ2) is 10.6. The second-order valence-electron chi connectivity index (χ2n) is 9.40. The molecule has 2 aliphatic rings. The Morgan fingerprint density at radius 2 is 1.75 bits per heavy atom. The number of nitro benzene ring substituents is 1. The summed E-state index contributed by atoms with van der Waals surface area (Å²) in [6.45, 7) is 5.16. The summed E-state index contributed by atoms with van der Waals surface area (Å²) in [6.07, 6.45) is -0.604. The van der Waals surface area contributed by atoms with Gasteiger partial charge in [0.2, 0.25) is 11.7 Å². The number of fused-ring (bicyclic) bond motifs is 7. The zero-order chi connectivity index (χ0) is 26.6. The van der Waals surface area contributed by atoms with Crippen molar-refractivity contribution in [2.45, 2.75) is 51.3 Å². The van der Waals surface area contributed by atoms with Crippen LogP contribution < -0.4 is 10.1 Å². The minimum absolute atomic E-state index is 0.000197. The largest absolute Gasteiger partial charge is 0.467 e. The smallest absolute Gasteiger partial charge is 0.410 e. The molecule has 2 atom stereocenters. The van der Waals surface area contributed by atoms with Gasteiger partial charge >= 0.3 is 17.7 Å². The molecule has 0 spiro atoms. The van der Waals surface area contributed by atoms with E-state index in [2.05, 4.69) is 5.32 Å². The van der Waals surface area contributed by atoms with E-state index < -0.39 is 40.6 Å². The number of methoxy groups -OCH3 is 1. The van der Waals surface area contributed by atoms with Crippen molar-refractivity contribution in [3.05, 3.63) is 63.7 Å². The fraction of sp³-hybridized carbons (Fsp3) is 0.400. The molecule has 2 aromatic rings. The van der Waals surface area contributed by atoms with Crippen LogP contribution in [0.3, 0.4) is 0 Å². The third kappa shape index (κ3) is 6.49. The summed E-state index contributed by atoms with van der Waals surface area (Å²) in [5.41, 5.74) is 0.169. The average Bonchev–Trinajstić information content (AvgIpc) is 2.80. The van der Waals surface area contributed by atoms with E-state index in [4.69, 9.17) is 14.2 Å². The molecule has 0 aromatic heterocycles. The van der Waals surface area contributed by atoms with E-state index in [1.165, 1.54) is 37.3 Å². The van der Waals surface area contributed by atoms with E-state index in [1.54, 1.807) is 45.0 Å². The first-order chi connectivity index (χ1) is 16.9. The minimum atomic E-state index is -1.12. The van der Waals surface area contributed by atoms with E-state index in [9.17, 15) is 24.5 Å². The van der Waals surface area contributed by atoms with Gasteiger partial charge in [-0.1, -0.05) is 18.2 Å². The monoisotopic (exact) mass is 499 g/mol. The molecular formula is C25H29N3O8. The van der Waals surface area contributed by atoms with Crippen LogP contribution in [0.25, 0.3) is 0 Å². The van der Waals surface area contributed by atoms with Crippen LogP contribution >= 0.6 is 0 Å². The molecule has 4 rings (SSSR count). The van der Waals surface area contributed by atoms with Gasteiger partial charge in [-0.25, -0.2) is 9.59 Å². The van der Waals surface area contributed by atoms with Crippen molar-refractivity contribution in [2.24, 2.45) is 0 Å². The summed E-state index contributed by atoms with van der Waals surface area (Å²) in [6, 6.07) is 8.71. The zero-order valence-corrected chi connectivity index (χ0v) is 20.8. The van der Waals surface area contributed by atoms with Gasteiger partial charge in [-0.15, -0.1) is 0 Å². The maximum absolute atomic E-state index is 13.4. The summed E-state index contributed by atoms with van der Waals surface area (Å²) < 4.78 is 16.1. The molecule has 0 saturated carbocycles. The van der Waals surface area contributed by atoms with Crippen LogP contribution in [0.15, 0.2) is 42.5 Å². The standard InChI is InChI=1S/C25H29N3O8/c1-25(2,3)36-24(31)27(4)20-13-15-6-9-17(10-7-15)35-21-14-16(8-11-19(21)28(32)33)12-18(23(30)34-5)26-22(20)29/h6-11,14,18,20H,12-13H2,1-5H3,(H,26,29)/t18?,20-/m0/s1. The van der Waals surface area contributed by atoms with Crippen LogP contribution in [0.1, 0.15) is 31.9 Å². The Morgan fingerprint density at radius 3 is 2.33 bits per heavy atom. The number of likely N-dealkylation sites (N-methyl/N-ethyl adjacent to an activating group) is 1. The topological polar surface area (TPSA) is 137 Å². The fourth-order valence-electron chi connectivity index (χ4n) is 3.67. The molecule has 2 heterocycles. The maximum Gasteiger partial charge on any atom is 0.410 e. The molecule has 2 aromatic carbocycles. The van der Waals surface area contributed by atoms with E-state index in [1.807, 2.05) is 0 Å². The molecule has 2 aliphatic heterocycles. The maximum atomic E-state index is 13.4. The molecule has 0 aliphatic carbocycles. The van der Waals surface area contributed by atoms with Crippen molar-refractivity contribution in [3.63, 3.8) is 0 Å². The lowest BCUT2D eigenvalue weighted by Gasteiger charge is -2.31. The third-order valence-corrected chi connectivity index (χ3v) is 5.49. The molecule has 11 nitrogen and oxygen atoms in total. The summed E-state index contributed by atoms with van der Waals surface area (Å²) in [7, 11) is 2.64. The van der Waals surface area contributed by atoms with Gasteiger partial charge in [-0.3, -0.25) is 19.8 Å². The van der Waals surface area contributed by atoms with Crippen LogP contribution in [-0.2, 0) is 31.9 Å². The summed E-state index contributed by atoms with van der Waals surface area (Å²) in [5.74, 6) is -0.946. The van der Waals surface area contributed by atoms with Gasteiger partial charge in [0.15, 0.2) is 0 Å². The van der Waals surface area contributed by atoms with Crippen molar-refractivity contribution in [1.82, 2.24) is 10.2 Å². The number of ether oxygens (including phenoxy) is 3. The van der Waals surface area contributed by atoms with Gasteiger partial charge in [0.05, 0.1) is 12.0 Å². The second-order valence-corrected chi connectivity index (χ2v) is 9.40. The molecule has 0 fully saturated rings. The van der Waals surface area contributed by atoms with Gasteiger partial charge in [0.25, 0.3) is 0 Å². The number of amides is 2. The van der Waals surface area contributed by atoms with E-state index in [-0.39, 0.29) is 24.3 Å². The Balaban J connectivity index is 2.05. The lowest BCUT2D eigenvalue weighted by Crippen LogP contribution is -2.54. The average molecular weight is 500 g/mol. The molecular weight excluding hydrogens is 470 g/mol. The Labute approximate surface area is 208 Å². The molecule has 1 unspecified atom stereocenters. The van der Waals surface area contributed by atoms with Crippen LogP contribution in [0.5, 0.6) is 11.5 Å². The first-order valence-corrected chi connectivity index (χ1v) is 11.3. The lowest BCUT2D eigenvalue weighted by atomic mass is 10.0. The lowest BCUT2D eigenvalue weighted by molar-refractivity contribution is -0.385. The van der Waals surface area contributed by atoms with Gasteiger partial charge in [-0.2, -0.15) is 0 Å². The molecule has 1 N–H and O–H groups in total. The molecule has 4 bridgehead atoms. The number of carbonyl (C=O) groups excluding carboxylic acids is 3. The van der Waals surface area contributed by atoms with Crippen LogP contribution in [-0.4, -0.2) is 59.6 Å². The number of nitrogens with zero attached hydrogens (tertiary/aromatic N) is 2. The number of rotatable bonds is 3. The first-order valence-electron chi connectivity index (χ1n) is 11.3. The number of nitrogens with one attached hydrogen (secondary N) is 1. The van der Waals surface area contributed by atoms with E-state index >= 15 is 0 Å². The van der Waals surface area contributed by atoms with E-state index in [0.29, 0.717) is 16.9 Å². The Kier molecular flexibility index (Phi) is 7.81. The Hall–Kier alpha value is -4.15. The van der Waals surface area contributed by atoms with E-state index in [0.717, 1.165) is 0 Å². The third-order valence-electron chi connectivity index (χ3n) is 5.49. The summed E-state index contributed by atoms with van der Waals surface area (Å²) in [5, 5.41) is 14.2. The first kappa shape index (κ1) is 26.5. The highest BCUT2D eigenvalue weighted by atomic mass is 16.6. The molecule has 0 saturated heterocycles. The SMILES string of the molecule is COC(=O)C1Cc2ccc([N+](=O)[O-])c(c2)Oc2ccc(cc2)C[C@H](N(C)C(=O)OC(C)(C)C)C(=O)N1. The number of benzene rings is 2. The van der Waals surface area contributed by atoms with Gasteiger partial charge in [-0.05, 0) is 50.1 Å². The van der Waals surface area contributed by atoms with Crippen LogP contribution in [0, 0.1) is 10.1 Å². The molecule has 192 valence electrons. The van der Waals surface area contributed by atoms with Gasteiger partial charge < -0.3 is 19.5 Å². The molecule has 36 heavy (non-hydrogen) atoms. The number of esters is 1. The van der Waals surface area contributed by atoms with Crippen molar-refractivity contribution in [2.75, 3.05) is 14.2 Å². The number of hydrogen-bond acceptors (Lipinski definition) is 8. The fourth-order valence-corrected chi connectivity index (χ4v) is 3.67. The number of carbonyl (C=O) groups is 3. The van der Waals surface area contributed by atoms with Crippen LogP contribution in [0.2, 0.25) is 0 Å².